The second kappa shape index (κ2) is 5.33. The van der Waals surface area contributed by atoms with Crippen LogP contribution in [0.15, 0.2) is 18.5 Å². The molecule has 1 N–H and O–H groups in total. The van der Waals surface area contributed by atoms with Crippen molar-refractivity contribution in [3.8, 4) is 0 Å². The summed E-state index contributed by atoms with van der Waals surface area (Å²) < 4.78 is 2.12. The zero-order valence-electron chi connectivity index (χ0n) is 9.58. The minimum atomic E-state index is 1.15. The molecule has 1 aliphatic heterocycles. The molecule has 1 aromatic heterocycles. The molecule has 1 aromatic rings. The summed E-state index contributed by atoms with van der Waals surface area (Å²) in [5.74, 6) is 0. The molecule has 0 saturated carbocycles. The number of aryl methyl sites for hydroxylation is 1. The average Bonchev–Trinajstić information content (AvgIpc) is 2.52. The predicted octanol–water partition coefficient (Wildman–Crippen LogP) is 0.863. The maximum Gasteiger partial charge on any atom is 0.0107 e. The maximum absolute atomic E-state index is 3.43. The van der Waals surface area contributed by atoms with Gasteiger partial charge < -0.3 is 14.8 Å². The third kappa shape index (κ3) is 3.36. The monoisotopic (exact) mass is 207 g/mol. The van der Waals surface area contributed by atoms with Gasteiger partial charge in [-0.05, 0) is 37.6 Å². The number of rotatable bonds is 3. The summed E-state index contributed by atoms with van der Waals surface area (Å²) in [6.07, 6.45) is 6.81. The second-order valence-electron chi connectivity index (χ2n) is 4.38. The van der Waals surface area contributed by atoms with Gasteiger partial charge in [0.05, 0.1) is 0 Å². The first-order chi connectivity index (χ1) is 7.34. The Kier molecular flexibility index (Phi) is 3.80. The molecule has 3 heteroatoms. The van der Waals surface area contributed by atoms with Crippen LogP contribution < -0.4 is 5.32 Å². The number of nitrogens with zero attached hydrogens (tertiary/aromatic N) is 2. The van der Waals surface area contributed by atoms with E-state index in [9.17, 15) is 0 Å². The van der Waals surface area contributed by atoms with Crippen LogP contribution in [-0.4, -0.2) is 42.2 Å². The highest BCUT2D eigenvalue weighted by Gasteiger charge is 2.08. The second-order valence-corrected chi connectivity index (χ2v) is 4.38. The largest absolute Gasteiger partial charge is 0.357 e. The van der Waals surface area contributed by atoms with E-state index in [1.807, 2.05) is 0 Å². The van der Waals surface area contributed by atoms with Gasteiger partial charge in [0.15, 0.2) is 0 Å². The Balaban J connectivity index is 1.76. The van der Waals surface area contributed by atoms with Crippen molar-refractivity contribution in [3.05, 3.63) is 24.0 Å². The van der Waals surface area contributed by atoms with Gasteiger partial charge in [0.2, 0.25) is 0 Å². The molecule has 0 radical (unpaired) electrons. The summed E-state index contributed by atoms with van der Waals surface area (Å²) in [5, 5.41) is 3.43. The smallest absolute Gasteiger partial charge is 0.0107 e. The van der Waals surface area contributed by atoms with Crippen molar-refractivity contribution in [1.29, 1.82) is 0 Å². The van der Waals surface area contributed by atoms with Crippen molar-refractivity contribution in [2.45, 2.75) is 12.8 Å². The van der Waals surface area contributed by atoms with E-state index in [2.05, 4.69) is 40.3 Å². The summed E-state index contributed by atoms with van der Waals surface area (Å²) in [6.45, 7) is 5.98. The Hall–Kier alpha value is -0.800. The van der Waals surface area contributed by atoms with Crippen LogP contribution in [-0.2, 0) is 13.5 Å². The molecule has 0 bridgehead atoms. The standard InChI is InChI=1S/C12H21N3/c1-14-8-3-12(11-14)4-9-15-7-2-5-13-6-10-15/h3,8,11,13H,2,4-7,9-10H2,1H3. The first kappa shape index (κ1) is 10.7. The fraction of sp³-hybridized carbons (Fsp3) is 0.667. The lowest BCUT2D eigenvalue weighted by molar-refractivity contribution is 0.296. The van der Waals surface area contributed by atoms with Crippen LogP contribution in [0.2, 0.25) is 0 Å². The molecule has 0 unspecified atom stereocenters. The van der Waals surface area contributed by atoms with Gasteiger partial charge in [-0.25, -0.2) is 0 Å². The highest BCUT2D eigenvalue weighted by molar-refractivity contribution is 5.10. The summed E-state index contributed by atoms with van der Waals surface area (Å²) in [4.78, 5) is 2.56. The van der Waals surface area contributed by atoms with Crippen LogP contribution in [0.5, 0.6) is 0 Å². The van der Waals surface area contributed by atoms with Gasteiger partial charge in [0, 0.05) is 39.1 Å². The molecule has 0 aliphatic carbocycles. The van der Waals surface area contributed by atoms with Gasteiger partial charge in [0.25, 0.3) is 0 Å². The van der Waals surface area contributed by atoms with E-state index in [1.165, 1.54) is 44.6 Å². The van der Waals surface area contributed by atoms with Crippen molar-refractivity contribution in [2.24, 2.45) is 7.05 Å². The summed E-state index contributed by atoms with van der Waals surface area (Å²) in [5.41, 5.74) is 1.45. The van der Waals surface area contributed by atoms with Gasteiger partial charge in [-0.3, -0.25) is 0 Å². The van der Waals surface area contributed by atoms with E-state index < -0.39 is 0 Å². The molecule has 1 saturated heterocycles. The van der Waals surface area contributed by atoms with E-state index >= 15 is 0 Å². The normalized spacial score (nSPS) is 19.0. The van der Waals surface area contributed by atoms with Gasteiger partial charge >= 0.3 is 0 Å². The van der Waals surface area contributed by atoms with Crippen LogP contribution in [0, 0.1) is 0 Å². The molecule has 2 heterocycles. The quantitative estimate of drug-likeness (QED) is 0.793. The number of aromatic nitrogens is 1. The summed E-state index contributed by atoms with van der Waals surface area (Å²) in [6, 6.07) is 2.22. The minimum absolute atomic E-state index is 1.15. The fourth-order valence-electron chi connectivity index (χ4n) is 2.12. The van der Waals surface area contributed by atoms with Crippen molar-refractivity contribution in [3.63, 3.8) is 0 Å². The number of hydrogen-bond donors (Lipinski definition) is 1. The molecule has 84 valence electrons. The third-order valence-electron chi connectivity index (χ3n) is 3.04. The Morgan fingerprint density at radius 3 is 3.07 bits per heavy atom. The van der Waals surface area contributed by atoms with Crippen LogP contribution in [0.1, 0.15) is 12.0 Å². The molecule has 0 spiro atoms. The van der Waals surface area contributed by atoms with Gasteiger partial charge in [-0.2, -0.15) is 0 Å². The van der Waals surface area contributed by atoms with Crippen LogP contribution in [0.25, 0.3) is 0 Å². The van der Waals surface area contributed by atoms with Gasteiger partial charge in [-0.15, -0.1) is 0 Å². The molecular formula is C12H21N3. The lowest BCUT2D eigenvalue weighted by Gasteiger charge is -2.18. The fourth-order valence-corrected chi connectivity index (χ4v) is 2.12. The van der Waals surface area contributed by atoms with E-state index in [0.717, 1.165) is 6.54 Å². The molecule has 0 amide bonds. The highest BCUT2D eigenvalue weighted by atomic mass is 15.1. The Morgan fingerprint density at radius 2 is 2.27 bits per heavy atom. The first-order valence-corrected chi connectivity index (χ1v) is 5.88. The lowest BCUT2D eigenvalue weighted by atomic mass is 10.2. The van der Waals surface area contributed by atoms with Crippen molar-refractivity contribution < 1.29 is 0 Å². The van der Waals surface area contributed by atoms with E-state index in [1.54, 1.807) is 0 Å². The van der Waals surface area contributed by atoms with Crippen molar-refractivity contribution in [2.75, 3.05) is 32.7 Å². The molecule has 3 nitrogen and oxygen atoms in total. The number of nitrogens with one attached hydrogen (secondary N) is 1. The van der Waals surface area contributed by atoms with E-state index in [-0.39, 0.29) is 0 Å². The Labute approximate surface area is 92.1 Å². The van der Waals surface area contributed by atoms with Crippen molar-refractivity contribution in [1.82, 2.24) is 14.8 Å². The van der Waals surface area contributed by atoms with Crippen molar-refractivity contribution >= 4 is 0 Å². The minimum Gasteiger partial charge on any atom is -0.357 e. The molecular weight excluding hydrogens is 186 g/mol. The molecule has 15 heavy (non-hydrogen) atoms. The highest BCUT2D eigenvalue weighted by Crippen LogP contribution is 2.03. The average molecular weight is 207 g/mol. The van der Waals surface area contributed by atoms with Gasteiger partial charge in [-0.1, -0.05) is 0 Å². The van der Waals surface area contributed by atoms with E-state index in [4.69, 9.17) is 0 Å². The SMILES string of the molecule is Cn1ccc(CCN2CCCNCC2)c1. The lowest BCUT2D eigenvalue weighted by Crippen LogP contribution is -2.29. The summed E-state index contributed by atoms with van der Waals surface area (Å²) >= 11 is 0. The summed E-state index contributed by atoms with van der Waals surface area (Å²) in [7, 11) is 2.08. The molecule has 1 aliphatic rings. The first-order valence-electron chi connectivity index (χ1n) is 5.88. The number of hydrogen-bond acceptors (Lipinski definition) is 2. The zero-order chi connectivity index (χ0) is 10.5. The predicted molar refractivity (Wildman–Crippen MR) is 63.0 cm³/mol. The zero-order valence-corrected chi connectivity index (χ0v) is 9.58. The van der Waals surface area contributed by atoms with Crippen LogP contribution in [0.3, 0.4) is 0 Å². The van der Waals surface area contributed by atoms with Gasteiger partial charge in [0.1, 0.15) is 0 Å². The molecule has 0 atom stereocenters. The Morgan fingerprint density at radius 1 is 1.33 bits per heavy atom. The van der Waals surface area contributed by atoms with Crippen LogP contribution in [0.4, 0.5) is 0 Å². The maximum atomic E-state index is 3.43. The van der Waals surface area contributed by atoms with Crippen LogP contribution >= 0.6 is 0 Å². The van der Waals surface area contributed by atoms with E-state index in [0.29, 0.717) is 0 Å². The topological polar surface area (TPSA) is 20.2 Å². The molecule has 1 fully saturated rings. The third-order valence-corrected chi connectivity index (χ3v) is 3.04. The molecule has 0 aromatic carbocycles. The Bertz CT molecular complexity index is 285. The molecule has 2 rings (SSSR count).